The molecule has 0 saturated carbocycles. The Bertz CT molecular complexity index is 4360. The summed E-state index contributed by atoms with van der Waals surface area (Å²) in [6.07, 6.45) is 0. The maximum absolute atomic E-state index is 2.81. The lowest BCUT2D eigenvalue weighted by Gasteiger charge is -2.34. The van der Waals surface area contributed by atoms with Gasteiger partial charge in [-0.25, -0.2) is 0 Å². The van der Waals surface area contributed by atoms with Gasteiger partial charge in [-0.3, -0.25) is 0 Å². The van der Waals surface area contributed by atoms with E-state index in [2.05, 4.69) is 312 Å². The number of fused-ring (bicyclic) bond motifs is 9. The molecular weight excluding hydrogens is 933 g/mol. The zero-order valence-electron chi connectivity index (χ0n) is 41.8. The lowest BCUT2D eigenvalue weighted by Crippen LogP contribution is -2.74. The van der Waals surface area contributed by atoms with Crippen molar-refractivity contribution in [3.63, 3.8) is 0 Å². The minimum absolute atomic E-state index is 0.453. The number of rotatable bonds is 9. The Labute approximate surface area is 443 Å². The number of benzene rings is 12. The van der Waals surface area contributed by atoms with E-state index in [0.29, 0.717) is 0 Å². The molecule has 0 radical (unpaired) electrons. The van der Waals surface area contributed by atoms with Gasteiger partial charge in [-0.1, -0.05) is 255 Å². The first-order chi connectivity index (χ1) is 37.7. The SMILES string of the molecule is c1ccc(C2(c3ccccc3)c3ccccc3-c3cc(-c4cccc5c4c4ccccc4n5-c4cccc5c4c4ccccc4n5-c4cccc([Si](c5ccccc5)(c5ccccc5)c5ccccc5)c4)ccc32)cc1. The quantitative estimate of drug-likeness (QED) is 0.101. The van der Waals surface area contributed by atoms with Crippen LogP contribution in [0.1, 0.15) is 22.3 Å². The summed E-state index contributed by atoms with van der Waals surface area (Å²) in [6.45, 7) is 0. The van der Waals surface area contributed by atoms with Gasteiger partial charge in [-0.2, -0.15) is 0 Å². The molecule has 2 aromatic heterocycles. The van der Waals surface area contributed by atoms with Gasteiger partial charge in [0, 0.05) is 27.2 Å². The fourth-order valence-electron chi connectivity index (χ4n) is 13.5. The second-order valence-electron chi connectivity index (χ2n) is 20.3. The highest BCUT2D eigenvalue weighted by atomic mass is 28.3. The fraction of sp³-hybridized carbons (Fsp3) is 0.0137. The van der Waals surface area contributed by atoms with Crippen LogP contribution in [0.25, 0.3) is 77.2 Å². The smallest absolute Gasteiger partial charge is 0.179 e. The van der Waals surface area contributed by atoms with Gasteiger partial charge in [-0.15, -0.1) is 0 Å². The Hall–Kier alpha value is -9.54. The molecule has 1 aliphatic carbocycles. The first-order valence-corrected chi connectivity index (χ1v) is 28.4. The normalized spacial score (nSPS) is 12.8. The van der Waals surface area contributed by atoms with E-state index in [-0.39, 0.29) is 0 Å². The molecule has 0 atom stereocenters. The third kappa shape index (κ3) is 6.33. The summed E-state index contributed by atoms with van der Waals surface area (Å²) in [7, 11) is -2.81. The van der Waals surface area contributed by atoms with Crippen LogP contribution in [0, 0.1) is 0 Å². The van der Waals surface area contributed by atoms with Crippen LogP contribution in [0.2, 0.25) is 0 Å². The molecule has 356 valence electrons. The molecule has 0 spiro atoms. The molecule has 0 saturated heterocycles. The largest absolute Gasteiger partial charge is 0.309 e. The maximum atomic E-state index is 2.53. The second-order valence-corrected chi connectivity index (χ2v) is 24.1. The van der Waals surface area contributed by atoms with Crippen molar-refractivity contribution in [3.05, 3.63) is 326 Å². The van der Waals surface area contributed by atoms with Gasteiger partial charge in [-0.05, 0) is 114 Å². The first-order valence-electron chi connectivity index (χ1n) is 26.4. The van der Waals surface area contributed by atoms with E-state index >= 15 is 0 Å². The predicted octanol–water partition coefficient (Wildman–Crippen LogP) is 15.3. The Morgan fingerprint density at radius 1 is 0.276 bits per heavy atom. The van der Waals surface area contributed by atoms with E-state index in [9.17, 15) is 0 Å². The third-order valence-corrected chi connectivity index (χ3v) is 21.3. The maximum Gasteiger partial charge on any atom is 0.179 e. The Morgan fingerprint density at radius 2 is 0.724 bits per heavy atom. The molecule has 0 amide bonds. The second kappa shape index (κ2) is 17.6. The summed E-state index contributed by atoms with van der Waals surface area (Å²) in [5.74, 6) is 0. The molecule has 14 aromatic rings. The zero-order valence-corrected chi connectivity index (χ0v) is 42.8. The van der Waals surface area contributed by atoms with Gasteiger partial charge in [0.1, 0.15) is 0 Å². The van der Waals surface area contributed by atoms with Crippen molar-refractivity contribution in [1.29, 1.82) is 0 Å². The third-order valence-electron chi connectivity index (χ3n) is 16.5. The highest BCUT2D eigenvalue weighted by molar-refractivity contribution is 7.19. The van der Waals surface area contributed by atoms with Crippen LogP contribution in [0.15, 0.2) is 303 Å². The molecule has 2 nitrogen and oxygen atoms in total. The van der Waals surface area contributed by atoms with E-state index in [0.717, 1.165) is 11.4 Å². The van der Waals surface area contributed by atoms with Crippen LogP contribution in [0.4, 0.5) is 0 Å². The number of aromatic nitrogens is 2. The topological polar surface area (TPSA) is 9.86 Å². The Balaban J connectivity index is 0.942. The highest BCUT2D eigenvalue weighted by Crippen LogP contribution is 2.57. The van der Waals surface area contributed by atoms with Crippen molar-refractivity contribution in [3.8, 4) is 33.6 Å². The van der Waals surface area contributed by atoms with Crippen molar-refractivity contribution in [1.82, 2.24) is 9.13 Å². The lowest BCUT2D eigenvalue weighted by atomic mass is 9.67. The lowest BCUT2D eigenvalue weighted by molar-refractivity contribution is 0.768. The number of hydrogen-bond donors (Lipinski definition) is 0. The number of para-hydroxylation sites is 2. The monoisotopic (exact) mass is 982 g/mol. The van der Waals surface area contributed by atoms with Crippen LogP contribution in [-0.2, 0) is 5.41 Å². The van der Waals surface area contributed by atoms with E-state index in [1.807, 2.05) is 0 Å². The molecule has 0 unspecified atom stereocenters. The summed E-state index contributed by atoms with van der Waals surface area (Å²) in [5, 5.41) is 10.3. The van der Waals surface area contributed by atoms with E-state index < -0.39 is 13.5 Å². The molecule has 0 N–H and O–H groups in total. The summed E-state index contributed by atoms with van der Waals surface area (Å²) in [5.41, 5.74) is 16.7. The summed E-state index contributed by atoms with van der Waals surface area (Å²) < 4.78 is 5.03. The molecule has 76 heavy (non-hydrogen) atoms. The van der Waals surface area contributed by atoms with Crippen LogP contribution in [0.3, 0.4) is 0 Å². The van der Waals surface area contributed by atoms with Gasteiger partial charge < -0.3 is 9.13 Å². The fourth-order valence-corrected chi connectivity index (χ4v) is 18.3. The van der Waals surface area contributed by atoms with Gasteiger partial charge in [0.25, 0.3) is 0 Å². The molecule has 12 aromatic carbocycles. The molecule has 0 fully saturated rings. The summed E-state index contributed by atoms with van der Waals surface area (Å²) in [4.78, 5) is 0. The molecule has 15 rings (SSSR count). The predicted molar refractivity (Wildman–Crippen MR) is 321 cm³/mol. The molecular formula is C73H50N2Si. The molecule has 0 bridgehead atoms. The molecule has 3 heteroatoms. The van der Waals surface area contributed by atoms with Crippen molar-refractivity contribution >= 4 is 72.4 Å². The van der Waals surface area contributed by atoms with E-state index in [4.69, 9.17) is 0 Å². The van der Waals surface area contributed by atoms with E-state index in [1.54, 1.807) is 0 Å². The number of hydrogen-bond acceptors (Lipinski definition) is 0. The average Bonchev–Trinajstić information content (AvgIpc) is 4.26. The Morgan fingerprint density at radius 3 is 1.36 bits per heavy atom. The van der Waals surface area contributed by atoms with E-state index in [1.165, 1.54) is 109 Å². The summed E-state index contributed by atoms with van der Waals surface area (Å²) >= 11 is 0. The number of nitrogens with zero attached hydrogens (tertiary/aromatic N) is 2. The van der Waals surface area contributed by atoms with Gasteiger partial charge >= 0.3 is 0 Å². The van der Waals surface area contributed by atoms with Crippen LogP contribution in [-0.4, -0.2) is 17.2 Å². The summed E-state index contributed by atoms with van der Waals surface area (Å²) in [6, 6.07) is 113. The van der Waals surface area contributed by atoms with Crippen molar-refractivity contribution in [2.75, 3.05) is 0 Å². The van der Waals surface area contributed by atoms with Crippen LogP contribution in [0.5, 0.6) is 0 Å². The van der Waals surface area contributed by atoms with Crippen molar-refractivity contribution < 1.29 is 0 Å². The van der Waals surface area contributed by atoms with Crippen LogP contribution >= 0.6 is 0 Å². The average molecular weight is 983 g/mol. The molecule has 1 aliphatic rings. The first kappa shape index (κ1) is 44.0. The minimum Gasteiger partial charge on any atom is -0.309 e. The molecule has 0 aliphatic heterocycles. The standard InChI is InChI=1S/C73H50N2Si/c1-6-25-52(26-7-1)73(53-27-8-2-9-28-53)64-41-19-16-37-60(64)63-49-51(47-48-65(63)73)59-40-23-44-68-71(59)61-38-17-21-43-67(61)75(68)70-46-24-45-69-72(70)62-39-18-20-42-66(62)74(69)54-29-22-36-58(50-54)76(55-30-10-3-11-31-55,56-32-12-4-13-33-56)57-34-14-5-15-35-57/h1-50H. The molecule has 2 heterocycles. The van der Waals surface area contributed by atoms with Crippen LogP contribution < -0.4 is 20.7 Å². The van der Waals surface area contributed by atoms with Gasteiger partial charge in [0.2, 0.25) is 0 Å². The van der Waals surface area contributed by atoms with Crippen molar-refractivity contribution in [2.45, 2.75) is 5.41 Å². The van der Waals surface area contributed by atoms with Crippen molar-refractivity contribution in [2.24, 2.45) is 0 Å². The zero-order chi connectivity index (χ0) is 50.2. The minimum atomic E-state index is -2.81. The van der Waals surface area contributed by atoms with Gasteiger partial charge in [0.15, 0.2) is 8.07 Å². The highest BCUT2D eigenvalue weighted by Gasteiger charge is 2.46. The Kier molecular flexibility index (Phi) is 10.2. The van der Waals surface area contributed by atoms with Gasteiger partial charge in [0.05, 0.1) is 33.2 Å².